The largest absolute Gasteiger partial charge is 0.444 e. The second-order valence-corrected chi connectivity index (χ2v) is 7.43. The third kappa shape index (κ3) is 8.13. The number of guanidine groups is 1. The molecule has 0 aliphatic heterocycles. The summed E-state index contributed by atoms with van der Waals surface area (Å²) >= 11 is 0. The van der Waals surface area contributed by atoms with E-state index in [4.69, 9.17) is 4.42 Å². The van der Waals surface area contributed by atoms with E-state index >= 15 is 0 Å². The van der Waals surface area contributed by atoms with E-state index < -0.39 is 0 Å². The lowest BCUT2D eigenvalue weighted by molar-refractivity contribution is 0.389. The smallest absolute Gasteiger partial charge is 0.226 e. The highest BCUT2D eigenvalue weighted by Gasteiger charge is 2.07. The summed E-state index contributed by atoms with van der Waals surface area (Å²) in [5.74, 6) is 1.45. The number of nitrogens with one attached hydrogen (secondary N) is 2. The van der Waals surface area contributed by atoms with Gasteiger partial charge in [0.15, 0.2) is 5.96 Å². The van der Waals surface area contributed by atoms with Gasteiger partial charge in [0, 0.05) is 19.2 Å². The average molecular weight is 386 g/mol. The molecule has 0 bridgehead atoms. The van der Waals surface area contributed by atoms with Crippen molar-refractivity contribution < 1.29 is 4.42 Å². The Morgan fingerprint density at radius 3 is 2.46 bits per heavy atom. The molecular weight excluding hydrogens is 350 g/mol. The normalized spacial score (nSPS) is 11.8. The van der Waals surface area contributed by atoms with Crippen molar-refractivity contribution in [2.75, 3.05) is 34.2 Å². The van der Waals surface area contributed by atoms with Gasteiger partial charge in [0.25, 0.3) is 0 Å². The van der Waals surface area contributed by atoms with Crippen LogP contribution >= 0.6 is 0 Å². The first kappa shape index (κ1) is 22.0. The summed E-state index contributed by atoms with van der Waals surface area (Å²) in [5, 5.41) is 6.66. The zero-order valence-corrected chi connectivity index (χ0v) is 17.8. The molecule has 1 heterocycles. The quantitative estimate of drug-likeness (QED) is 0.350. The summed E-state index contributed by atoms with van der Waals surface area (Å²) in [6.45, 7) is 4.77. The molecule has 0 saturated carbocycles. The van der Waals surface area contributed by atoms with Gasteiger partial charge in [0.2, 0.25) is 5.89 Å². The SMILES string of the molecule is CN=C(NCCCCCCCN(C)C)NCc1coc(-c2ccc(C)cc2)n1. The van der Waals surface area contributed by atoms with Crippen molar-refractivity contribution in [3.05, 3.63) is 41.8 Å². The molecule has 1 aromatic heterocycles. The van der Waals surface area contributed by atoms with E-state index in [0.29, 0.717) is 12.4 Å². The van der Waals surface area contributed by atoms with E-state index in [-0.39, 0.29) is 0 Å². The standard InChI is InChI=1S/C22H35N5O/c1-18-10-12-19(13-11-18)21-26-20(17-28-21)16-25-22(23-2)24-14-8-6-5-7-9-15-27(3)4/h10-13,17H,5-9,14-16H2,1-4H3,(H2,23,24,25). The van der Waals surface area contributed by atoms with Gasteiger partial charge in [-0.25, -0.2) is 4.98 Å². The van der Waals surface area contributed by atoms with Crippen LogP contribution in [-0.2, 0) is 6.54 Å². The van der Waals surface area contributed by atoms with E-state index in [1.807, 2.05) is 12.1 Å². The molecule has 0 unspecified atom stereocenters. The first-order chi connectivity index (χ1) is 13.6. The van der Waals surface area contributed by atoms with Gasteiger partial charge in [-0.15, -0.1) is 0 Å². The molecule has 0 aliphatic rings. The first-order valence-electron chi connectivity index (χ1n) is 10.2. The fraction of sp³-hybridized carbons (Fsp3) is 0.545. The third-order valence-electron chi connectivity index (χ3n) is 4.59. The van der Waals surface area contributed by atoms with Gasteiger partial charge in [-0.1, -0.05) is 37.0 Å². The minimum Gasteiger partial charge on any atom is -0.444 e. The van der Waals surface area contributed by atoms with E-state index in [0.717, 1.165) is 30.2 Å². The number of hydrogen-bond donors (Lipinski definition) is 2. The molecule has 154 valence electrons. The molecule has 0 atom stereocenters. The van der Waals surface area contributed by atoms with Crippen LogP contribution in [0.15, 0.2) is 39.9 Å². The Labute approximate surface area is 169 Å². The van der Waals surface area contributed by atoms with Crippen molar-refractivity contribution in [1.29, 1.82) is 0 Å². The zero-order valence-electron chi connectivity index (χ0n) is 17.8. The Hall–Kier alpha value is -2.34. The molecular formula is C22H35N5O. The molecule has 0 radical (unpaired) electrons. The molecule has 6 heteroatoms. The average Bonchev–Trinajstić information content (AvgIpc) is 3.15. The Balaban J connectivity index is 1.64. The first-order valence-corrected chi connectivity index (χ1v) is 10.2. The van der Waals surface area contributed by atoms with Gasteiger partial charge in [0.05, 0.1) is 12.2 Å². The van der Waals surface area contributed by atoms with Crippen LogP contribution in [0.25, 0.3) is 11.5 Å². The highest BCUT2D eigenvalue weighted by atomic mass is 16.3. The number of unbranched alkanes of at least 4 members (excludes halogenated alkanes) is 4. The Morgan fingerprint density at radius 1 is 1.04 bits per heavy atom. The predicted molar refractivity (Wildman–Crippen MR) is 117 cm³/mol. The highest BCUT2D eigenvalue weighted by molar-refractivity contribution is 5.79. The number of nitrogens with zero attached hydrogens (tertiary/aromatic N) is 3. The number of benzene rings is 1. The van der Waals surface area contributed by atoms with Gasteiger partial charge in [-0.3, -0.25) is 4.99 Å². The summed E-state index contributed by atoms with van der Waals surface area (Å²) in [4.78, 5) is 11.1. The minimum absolute atomic E-state index is 0.583. The van der Waals surface area contributed by atoms with E-state index in [1.54, 1.807) is 13.3 Å². The Bertz CT molecular complexity index is 706. The lowest BCUT2D eigenvalue weighted by Crippen LogP contribution is -2.37. The van der Waals surface area contributed by atoms with Gasteiger partial charge in [-0.05, 0) is 52.5 Å². The van der Waals surface area contributed by atoms with Gasteiger partial charge in [0.1, 0.15) is 6.26 Å². The molecule has 0 saturated heterocycles. The highest BCUT2D eigenvalue weighted by Crippen LogP contribution is 2.18. The maximum Gasteiger partial charge on any atom is 0.226 e. The van der Waals surface area contributed by atoms with Crippen LogP contribution in [0.4, 0.5) is 0 Å². The molecule has 0 aliphatic carbocycles. The van der Waals surface area contributed by atoms with Crippen LogP contribution in [-0.4, -0.2) is 50.1 Å². The van der Waals surface area contributed by atoms with Crippen molar-refractivity contribution in [2.45, 2.75) is 45.6 Å². The molecule has 28 heavy (non-hydrogen) atoms. The summed E-state index contributed by atoms with van der Waals surface area (Å²) in [6, 6.07) is 8.18. The molecule has 0 fully saturated rings. The number of oxazole rings is 1. The predicted octanol–water partition coefficient (Wildman–Crippen LogP) is 3.83. The Morgan fingerprint density at radius 2 is 1.75 bits per heavy atom. The fourth-order valence-corrected chi connectivity index (χ4v) is 2.90. The lowest BCUT2D eigenvalue weighted by atomic mass is 10.1. The van der Waals surface area contributed by atoms with Gasteiger partial charge >= 0.3 is 0 Å². The van der Waals surface area contributed by atoms with Gasteiger partial charge in [-0.2, -0.15) is 0 Å². The van der Waals surface area contributed by atoms with E-state index in [9.17, 15) is 0 Å². The van der Waals surface area contributed by atoms with Crippen LogP contribution < -0.4 is 10.6 Å². The fourth-order valence-electron chi connectivity index (χ4n) is 2.90. The zero-order chi connectivity index (χ0) is 20.2. The van der Waals surface area contributed by atoms with Crippen molar-refractivity contribution >= 4 is 5.96 Å². The van der Waals surface area contributed by atoms with E-state index in [1.165, 1.54) is 37.8 Å². The van der Waals surface area contributed by atoms with Crippen LogP contribution in [0.5, 0.6) is 0 Å². The second kappa shape index (κ2) is 12.2. The van der Waals surface area contributed by atoms with Gasteiger partial charge < -0.3 is 20.0 Å². The number of rotatable bonds is 11. The van der Waals surface area contributed by atoms with Crippen LogP contribution in [0, 0.1) is 6.92 Å². The van der Waals surface area contributed by atoms with E-state index in [2.05, 4.69) is 58.7 Å². The molecule has 6 nitrogen and oxygen atoms in total. The minimum atomic E-state index is 0.583. The van der Waals surface area contributed by atoms with Crippen molar-refractivity contribution in [1.82, 2.24) is 20.5 Å². The van der Waals surface area contributed by atoms with Crippen molar-refractivity contribution in [3.63, 3.8) is 0 Å². The van der Waals surface area contributed by atoms with Crippen LogP contribution in [0.2, 0.25) is 0 Å². The molecule has 0 amide bonds. The summed E-state index contributed by atoms with van der Waals surface area (Å²) in [6.07, 6.45) is 7.99. The second-order valence-electron chi connectivity index (χ2n) is 7.43. The lowest BCUT2D eigenvalue weighted by Gasteiger charge is -2.11. The van der Waals surface area contributed by atoms with Crippen LogP contribution in [0.1, 0.15) is 43.4 Å². The molecule has 1 aromatic carbocycles. The van der Waals surface area contributed by atoms with Crippen molar-refractivity contribution in [3.8, 4) is 11.5 Å². The molecule has 2 aromatic rings. The summed E-state index contributed by atoms with van der Waals surface area (Å²) in [5.41, 5.74) is 3.07. The summed E-state index contributed by atoms with van der Waals surface area (Å²) in [7, 11) is 6.05. The maximum absolute atomic E-state index is 5.60. The third-order valence-corrected chi connectivity index (χ3v) is 4.59. The maximum atomic E-state index is 5.60. The number of aliphatic imine (C=N–C) groups is 1. The van der Waals surface area contributed by atoms with Crippen LogP contribution in [0.3, 0.4) is 0 Å². The molecule has 2 N–H and O–H groups in total. The molecule has 2 rings (SSSR count). The molecule has 0 spiro atoms. The summed E-state index contributed by atoms with van der Waals surface area (Å²) < 4.78 is 5.60. The number of hydrogen-bond acceptors (Lipinski definition) is 4. The van der Waals surface area contributed by atoms with Crippen molar-refractivity contribution in [2.24, 2.45) is 4.99 Å². The number of aromatic nitrogens is 1. The topological polar surface area (TPSA) is 65.7 Å². The Kier molecular flexibility index (Phi) is 9.55. The monoisotopic (exact) mass is 385 g/mol. The number of aryl methyl sites for hydroxylation is 1.